The van der Waals surface area contributed by atoms with E-state index >= 15 is 4.39 Å². The van der Waals surface area contributed by atoms with Crippen molar-refractivity contribution in [3.8, 4) is 22.4 Å². The molecule has 4 aromatic rings. The SMILES string of the molecule is C=CC(=O)N1Cc2c(-c3ccncc3)c(-c3ccc(Cl)cc3F)nn2C(c2ccccc2Cl)C1. The summed E-state index contributed by atoms with van der Waals surface area (Å²) >= 11 is 12.6. The van der Waals surface area contributed by atoms with Crippen molar-refractivity contribution in [2.75, 3.05) is 6.54 Å². The Morgan fingerprint density at radius 2 is 1.88 bits per heavy atom. The van der Waals surface area contributed by atoms with Crippen LogP contribution in [0.15, 0.2) is 79.6 Å². The van der Waals surface area contributed by atoms with Gasteiger partial charge in [0.1, 0.15) is 11.5 Å². The Hall–Kier alpha value is -3.48. The van der Waals surface area contributed by atoms with Crippen LogP contribution in [-0.2, 0) is 11.3 Å². The van der Waals surface area contributed by atoms with Gasteiger partial charge in [0.2, 0.25) is 5.91 Å². The lowest BCUT2D eigenvalue weighted by Gasteiger charge is -2.34. The van der Waals surface area contributed by atoms with E-state index in [1.54, 1.807) is 35.5 Å². The number of halogens is 3. The highest BCUT2D eigenvalue weighted by Crippen LogP contribution is 2.41. The third-order valence-electron chi connectivity index (χ3n) is 5.94. The van der Waals surface area contributed by atoms with Gasteiger partial charge in [-0.3, -0.25) is 14.5 Å². The molecule has 34 heavy (non-hydrogen) atoms. The third kappa shape index (κ3) is 3.89. The van der Waals surface area contributed by atoms with Crippen LogP contribution in [0.4, 0.5) is 4.39 Å². The molecular formula is C26H19Cl2FN4O. The van der Waals surface area contributed by atoms with Crippen molar-refractivity contribution in [2.24, 2.45) is 0 Å². The van der Waals surface area contributed by atoms with Crippen LogP contribution in [0.1, 0.15) is 17.3 Å². The minimum absolute atomic E-state index is 0.204. The van der Waals surface area contributed by atoms with Crippen molar-refractivity contribution in [2.45, 2.75) is 12.6 Å². The van der Waals surface area contributed by atoms with Crippen molar-refractivity contribution >= 4 is 29.1 Å². The Bertz CT molecular complexity index is 1400. The fourth-order valence-electron chi connectivity index (χ4n) is 4.37. The number of rotatable bonds is 4. The fourth-order valence-corrected chi connectivity index (χ4v) is 4.79. The molecule has 0 saturated heterocycles. The Balaban J connectivity index is 1.80. The van der Waals surface area contributed by atoms with E-state index in [9.17, 15) is 4.79 Å². The second-order valence-corrected chi connectivity index (χ2v) is 8.78. The zero-order valence-corrected chi connectivity index (χ0v) is 19.5. The molecule has 5 nitrogen and oxygen atoms in total. The van der Waals surface area contributed by atoms with Gasteiger partial charge in [0.25, 0.3) is 0 Å². The smallest absolute Gasteiger partial charge is 0.246 e. The molecule has 0 spiro atoms. The maximum atomic E-state index is 15.1. The molecule has 0 saturated carbocycles. The predicted molar refractivity (Wildman–Crippen MR) is 131 cm³/mol. The number of carbonyl (C=O) groups excluding carboxylic acids is 1. The number of nitrogens with zero attached hydrogens (tertiary/aromatic N) is 4. The summed E-state index contributed by atoms with van der Waals surface area (Å²) in [6, 6.07) is 15.3. The first kappa shape index (κ1) is 22.3. The Kier molecular flexibility index (Phi) is 5.94. The van der Waals surface area contributed by atoms with Gasteiger partial charge in [-0.1, -0.05) is 48.0 Å². The lowest BCUT2D eigenvalue weighted by atomic mass is 9.97. The highest BCUT2D eigenvalue weighted by Gasteiger charge is 2.35. The largest absolute Gasteiger partial charge is 0.331 e. The standard InChI is InChI=1S/C26H19Cl2FN4O/c1-2-24(34)32-14-22(18-5-3-4-6-20(18)28)33-23(15-32)25(16-9-11-30-12-10-16)26(31-33)19-8-7-17(27)13-21(19)29/h2-13,22H,1,14-15H2. The predicted octanol–water partition coefficient (Wildman–Crippen LogP) is 6.18. The highest BCUT2D eigenvalue weighted by atomic mass is 35.5. The molecule has 2 aromatic carbocycles. The third-order valence-corrected chi connectivity index (χ3v) is 6.52. The molecule has 0 aliphatic carbocycles. The van der Waals surface area contributed by atoms with Gasteiger partial charge in [0, 0.05) is 40.1 Å². The monoisotopic (exact) mass is 492 g/mol. The molecule has 1 aliphatic heterocycles. The van der Waals surface area contributed by atoms with Crippen LogP contribution in [0.25, 0.3) is 22.4 Å². The van der Waals surface area contributed by atoms with E-state index in [-0.39, 0.29) is 18.5 Å². The zero-order valence-electron chi connectivity index (χ0n) is 18.0. The van der Waals surface area contributed by atoms with Gasteiger partial charge in [-0.2, -0.15) is 5.10 Å². The molecule has 5 rings (SSSR count). The van der Waals surface area contributed by atoms with Gasteiger partial charge < -0.3 is 4.90 Å². The number of benzene rings is 2. The zero-order chi connectivity index (χ0) is 23.8. The van der Waals surface area contributed by atoms with Gasteiger partial charge in [0.15, 0.2) is 0 Å². The van der Waals surface area contributed by atoms with Gasteiger partial charge in [0.05, 0.1) is 18.3 Å². The molecule has 0 bridgehead atoms. The molecule has 170 valence electrons. The number of amides is 1. The Labute approximate surface area is 206 Å². The fraction of sp³-hybridized carbons (Fsp3) is 0.115. The number of fused-ring (bicyclic) bond motifs is 1. The molecule has 1 aliphatic rings. The van der Waals surface area contributed by atoms with Crippen LogP contribution in [0.3, 0.4) is 0 Å². The quantitative estimate of drug-likeness (QED) is 0.319. The number of pyridine rings is 1. The summed E-state index contributed by atoms with van der Waals surface area (Å²) < 4.78 is 16.9. The Morgan fingerprint density at radius 3 is 2.59 bits per heavy atom. The maximum absolute atomic E-state index is 15.1. The molecule has 1 atom stereocenters. The molecule has 0 radical (unpaired) electrons. The van der Waals surface area contributed by atoms with Crippen LogP contribution in [0, 0.1) is 5.82 Å². The van der Waals surface area contributed by atoms with E-state index in [0.29, 0.717) is 27.8 Å². The Morgan fingerprint density at radius 1 is 1.12 bits per heavy atom. The van der Waals surface area contributed by atoms with Crippen molar-refractivity contribution < 1.29 is 9.18 Å². The second kappa shape index (κ2) is 9.05. The van der Waals surface area contributed by atoms with Crippen LogP contribution in [0.2, 0.25) is 10.0 Å². The number of hydrogen-bond donors (Lipinski definition) is 0. The minimum Gasteiger partial charge on any atom is -0.331 e. The average Bonchev–Trinajstić information content (AvgIpc) is 3.23. The number of aromatic nitrogens is 3. The summed E-state index contributed by atoms with van der Waals surface area (Å²) in [6.45, 7) is 4.28. The van der Waals surface area contributed by atoms with Gasteiger partial charge in [-0.05, 0) is 53.6 Å². The topological polar surface area (TPSA) is 51.0 Å². The summed E-state index contributed by atoms with van der Waals surface area (Å²) in [5.74, 6) is -0.684. The summed E-state index contributed by atoms with van der Waals surface area (Å²) in [5.41, 5.74) is 3.90. The van der Waals surface area contributed by atoms with Crippen LogP contribution in [-0.4, -0.2) is 32.1 Å². The maximum Gasteiger partial charge on any atom is 0.246 e. The average molecular weight is 493 g/mol. The molecule has 1 unspecified atom stereocenters. The first-order chi connectivity index (χ1) is 16.5. The first-order valence-electron chi connectivity index (χ1n) is 10.6. The van der Waals surface area contributed by atoms with E-state index in [1.807, 2.05) is 35.0 Å². The van der Waals surface area contributed by atoms with Crippen LogP contribution < -0.4 is 0 Å². The molecule has 1 amide bonds. The second-order valence-electron chi connectivity index (χ2n) is 7.94. The number of hydrogen-bond acceptors (Lipinski definition) is 3. The molecule has 3 heterocycles. The van der Waals surface area contributed by atoms with Crippen LogP contribution in [0.5, 0.6) is 0 Å². The molecule has 2 aromatic heterocycles. The van der Waals surface area contributed by atoms with Gasteiger partial charge in [-0.15, -0.1) is 0 Å². The van der Waals surface area contributed by atoms with Crippen LogP contribution >= 0.6 is 23.2 Å². The lowest BCUT2D eigenvalue weighted by molar-refractivity contribution is -0.127. The van der Waals surface area contributed by atoms with Crippen molar-refractivity contribution in [3.63, 3.8) is 0 Å². The normalized spacial score (nSPS) is 15.1. The first-order valence-corrected chi connectivity index (χ1v) is 11.4. The highest BCUT2D eigenvalue weighted by molar-refractivity contribution is 6.31. The lowest BCUT2D eigenvalue weighted by Crippen LogP contribution is -2.41. The van der Waals surface area contributed by atoms with Crippen molar-refractivity contribution in [1.29, 1.82) is 0 Å². The van der Waals surface area contributed by atoms with Gasteiger partial charge in [-0.25, -0.2) is 4.39 Å². The molecule has 0 fully saturated rings. The van der Waals surface area contributed by atoms with E-state index in [0.717, 1.165) is 22.4 Å². The van der Waals surface area contributed by atoms with Crippen molar-refractivity contribution in [3.05, 3.63) is 107 Å². The van der Waals surface area contributed by atoms with Crippen molar-refractivity contribution in [1.82, 2.24) is 19.7 Å². The molecular weight excluding hydrogens is 474 g/mol. The summed E-state index contributed by atoms with van der Waals surface area (Å²) in [4.78, 5) is 18.5. The number of carbonyl (C=O) groups is 1. The molecule has 0 N–H and O–H groups in total. The van der Waals surface area contributed by atoms with E-state index in [4.69, 9.17) is 28.3 Å². The molecule has 8 heteroatoms. The van der Waals surface area contributed by atoms with E-state index < -0.39 is 5.82 Å². The summed E-state index contributed by atoms with van der Waals surface area (Å²) in [7, 11) is 0. The minimum atomic E-state index is -0.480. The summed E-state index contributed by atoms with van der Waals surface area (Å²) in [6.07, 6.45) is 4.63. The summed E-state index contributed by atoms with van der Waals surface area (Å²) in [5, 5.41) is 5.76. The van der Waals surface area contributed by atoms with E-state index in [2.05, 4.69) is 11.6 Å². The van der Waals surface area contributed by atoms with Gasteiger partial charge >= 0.3 is 0 Å². The van der Waals surface area contributed by atoms with E-state index in [1.165, 1.54) is 12.1 Å².